The summed E-state index contributed by atoms with van der Waals surface area (Å²) in [5.74, 6) is 2.82. The molecule has 1 N–H and O–H groups in total. The van der Waals surface area contributed by atoms with Crippen LogP contribution in [0, 0.1) is 5.92 Å². The lowest BCUT2D eigenvalue weighted by atomic mass is 9.77. The van der Waals surface area contributed by atoms with Gasteiger partial charge in [-0.2, -0.15) is 0 Å². The molecule has 1 aliphatic carbocycles. The van der Waals surface area contributed by atoms with Gasteiger partial charge in [0.05, 0.1) is 18.8 Å². The highest BCUT2D eigenvalue weighted by molar-refractivity contribution is 5.61. The number of hydrogen-bond acceptors (Lipinski definition) is 4. The van der Waals surface area contributed by atoms with E-state index < -0.39 is 0 Å². The average Bonchev–Trinajstić information content (AvgIpc) is 3.45. The first kappa shape index (κ1) is 18.6. The summed E-state index contributed by atoms with van der Waals surface area (Å²) in [6, 6.07) is 15.3. The van der Waals surface area contributed by atoms with Crippen molar-refractivity contribution in [3.05, 3.63) is 65.7 Å². The molecule has 152 valence electrons. The molecular weight excluding hydrogens is 362 g/mol. The van der Waals surface area contributed by atoms with E-state index in [1.54, 1.807) is 0 Å². The van der Waals surface area contributed by atoms with Crippen LogP contribution in [0.15, 0.2) is 54.6 Å². The van der Waals surface area contributed by atoms with Crippen molar-refractivity contribution in [3.8, 4) is 11.5 Å². The maximum Gasteiger partial charge on any atom is 0.119 e. The molecule has 4 heteroatoms. The molecule has 0 spiro atoms. The van der Waals surface area contributed by atoms with Gasteiger partial charge < -0.3 is 19.5 Å². The second kappa shape index (κ2) is 8.11. The SMILES string of the molecule is CCOc1ccc(C2Nc3ccc(OCC4CCCO4)cc3C3C=CCC32)cc1. The van der Waals surface area contributed by atoms with Crippen LogP contribution in [0.4, 0.5) is 5.69 Å². The summed E-state index contributed by atoms with van der Waals surface area (Å²) in [4.78, 5) is 0. The number of rotatable bonds is 6. The Kier molecular flexibility index (Phi) is 5.19. The highest BCUT2D eigenvalue weighted by Gasteiger charge is 2.38. The van der Waals surface area contributed by atoms with Crippen LogP contribution in [0.2, 0.25) is 0 Å². The second-order valence-electron chi connectivity index (χ2n) is 8.17. The van der Waals surface area contributed by atoms with Crippen LogP contribution in [-0.4, -0.2) is 25.9 Å². The molecule has 1 fully saturated rings. The smallest absolute Gasteiger partial charge is 0.119 e. The number of anilines is 1. The minimum atomic E-state index is 0.243. The molecule has 4 atom stereocenters. The van der Waals surface area contributed by atoms with Crippen LogP contribution < -0.4 is 14.8 Å². The molecule has 0 bridgehead atoms. The maximum absolute atomic E-state index is 6.06. The zero-order valence-corrected chi connectivity index (χ0v) is 17.0. The molecule has 2 aromatic rings. The number of hydrogen-bond donors (Lipinski definition) is 1. The van der Waals surface area contributed by atoms with Crippen LogP contribution in [-0.2, 0) is 4.74 Å². The van der Waals surface area contributed by atoms with Crippen molar-refractivity contribution in [2.75, 3.05) is 25.1 Å². The zero-order chi connectivity index (χ0) is 19.6. The van der Waals surface area contributed by atoms with Crippen molar-refractivity contribution >= 4 is 5.69 Å². The Morgan fingerprint density at radius 3 is 2.72 bits per heavy atom. The van der Waals surface area contributed by atoms with Crippen molar-refractivity contribution in [2.24, 2.45) is 5.92 Å². The van der Waals surface area contributed by atoms with E-state index in [4.69, 9.17) is 14.2 Å². The van der Waals surface area contributed by atoms with Gasteiger partial charge in [-0.3, -0.25) is 0 Å². The van der Waals surface area contributed by atoms with E-state index in [9.17, 15) is 0 Å². The largest absolute Gasteiger partial charge is 0.494 e. The molecule has 5 rings (SSSR count). The molecule has 0 aromatic heterocycles. The second-order valence-corrected chi connectivity index (χ2v) is 8.17. The molecule has 0 amide bonds. The molecule has 4 unspecified atom stereocenters. The molecule has 4 nitrogen and oxygen atoms in total. The molecule has 0 radical (unpaired) electrons. The topological polar surface area (TPSA) is 39.7 Å². The first-order chi connectivity index (χ1) is 14.3. The number of benzene rings is 2. The predicted molar refractivity (Wildman–Crippen MR) is 115 cm³/mol. The minimum absolute atomic E-state index is 0.243. The van der Waals surface area contributed by atoms with Gasteiger partial charge in [-0.25, -0.2) is 0 Å². The lowest BCUT2D eigenvalue weighted by Crippen LogP contribution is -2.29. The number of ether oxygens (including phenoxy) is 3. The van der Waals surface area contributed by atoms with Crippen molar-refractivity contribution in [1.29, 1.82) is 0 Å². The van der Waals surface area contributed by atoms with E-state index in [0.717, 1.165) is 37.4 Å². The fraction of sp³-hybridized carbons (Fsp3) is 0.440. The summed E-state index contributed by atoms with van der Waals surface area (Å²) in [7, 11) is 0. The molecule has 3 aliphatic rings. The zero-order valence-electron chi connectivity index (χ0n) is 17.0. The minimum Gasteiger partial charge on any atom is -0.494 e. The Bertz CT molecular complexity index is 870. The molecule has 0 saturated carbocycles. The molecule has 2 aliphatic heterocycles. The van der Waals surface area contributed by atoms with Gasteiger partial charge in [0.1, 0.15) is 18.1 Å². The predicted octanol–water partition coefficient (Wildman–Crippen LogP) is 5.47. The number of nitrogens with one attached hydrogen (secondary N) is 1. The Labute approximate surface area is 172 Å². The van der Waals surface area contributed by atoms with Crippen LogP contribution in [0.1, 0.15) is 49.3 Å². The lowest BCUT2D eigenvalue weighted by molar-refractivity contribution is 0.0679. The van der Waals surface area contributed by atoms with Crippen LogP contribution in [0.5, 0.6) is 11.5 Å². The van der Waals surface area contributed by atoms with E-state index in [1.807, 2.05) is 6.92 Å². The van der Waals surface area contributed by atoms with E-state index in [1.165, 1.54) is 16.8 Å². The summed E-state index contributed by atoms with van der Waals surface area (Å²) in [5.41, 5.74) is 3.87. The molecule has 1 saturated heterocycles. The number of fused-ring (bicyclic) bond motifs is 3. The number of allylic oxidation sites excluding steroid dienone is 2. The molecular formula is C25H29NO3. The van der Waals surface area contributed by atoms with Gasteiger partial charge >= 0.3 is 0 Å². The van der Waals surface area contributed by atoms with Gasteiger partial charge in [0, 0.05) is 18.2 Å². The first-order valence-corrected chi connectivity index (χ1v) is 10.9. The maximum atomic E-state index is 6.06. The average molecular weight is 392 g/mol. The summed E-state index contributed by atoms with van der Waals surface area (Å²) in [5, 5.41) is 3.80. The molecule has 2 aromatic carbocycles. The Balaban J connectivity index is 1.36. The van der Waals surface area contributed by atoms with E-state index in [-0.39, 0.29) is 6.10 Å². The van der Waals surface area contributed by atoms with Crippen molar-refractivity contribution in [3.63, 3.8) is 0 Å². The third-order valence-corrected chi connectivity index (χ3v) is 6.34. The quantitative estimate of drug-likeness (QED) is 0.663. The summed E-state index contributed by atoms with van der Waals surface area (Å²) in [6.45, 7) is 4.22. The highest BCUT2D eigenvalue weighted by atomic mass is 16.5. The monoisotopic (exact) mass is 391 g/mol. The van der Waals surface area contributed by atoms with E-state index in [2.05, 4.69) is 59.9 Å². The Morgan fingerprint density at radius 1 is 1.07 bits per heavy atom. The van der Waals surface area contributed by atoms with Gasteiger partial charge in [-0.1, -0.05) is 24.3 Å². The molecule has 29 heavy (non-hydrogen) atoms. The van der Waals surface area contributed by atoms with Crippen molar-refractivity contribution in [2.45, 2.75) is 44.2 Å². The van der Waals surface area contributed by atoms with Crippen LogP contribution >= 0.6 is 0 Å². The van der Waals surface area contributed by atoms with E-state index >= 15 is 0 Å². The highest BCUT2D eigenvalue weighted by Crippen LogP contribution is 2.50. The van der Waals surface area contributed by atoms with Crippen molar-refractivity contribution in [1.82, 2.24) is 0 Å². The fourth-order valence-electron chi connectivity index (χ4n) is 4.90. The van der Waals surface area contributed by atoms with Gasteiger partial charge in [-0.15, -0.1) is 0 Å². The Hall–Kier alpha value is -2.46. The Morgan fingerprint density at radius 2 is 1.93 bits per heavy atom. The fourth-order valence-corrected chi connectivity index (χ4v) is 4.90. The van der Waals surface area contributed by atoms with Gasteiger partial charge in [0.2, 0.25) is 0 Å². The normalized spacial score (nSPS) is 27.2. The first-order valence-electron chi connectivity index (χ1n) is 10.9. The van der Waals surface area contributed by atoms with Gasteiger partial charge in [0.25, 0.3) is 0 Å². The van der Waals surface area contributed by atoms with Crippen LogP contribution in [0.25, 0.3) is 0 Å². The van der Waals surface area contributed by atoms with Crippen molar-refractivity contribution < 1.29 is 14.2 Å². The summed E-state index contributed by atoms with van der Waals surface area (Å²) < 4.78 is 17.4. The van der Waals surface area contributed by atoms with Gasteiger partial charge in [0.15, 0.2) is 0 Å². The van der Waals surface area contributed by atoms with Gasteiger partial charge in [-0.05, 0) is 73.6 Å². The standard InChI is InChI=1S/C25H29NO3/c1-2-27-18-10-8-17(9-11-18)25-22-7-3-6-21(22)23-15-19(12-13-24(23)26-25)29-16-20-5-4-14-28-20/h3,6,8-13,15,20-22,25-26H,2,4-5,7,14,16H2,1H3. The summed E-state index contributed by atoms with van der Waals surface area (Å²) >= 11 is 0. The molecule has 2 heterocycles. The third-order valence-electron chi connectivity index (χ3n) is 6.34. The van der Waals surface area contributed by atoms with Crippen LogP contribution in [0.3, 0.4) is 0 Å². The van der Waals surface area contributed by atoms with E-state index in [0.29, 0.717) is 31.1 Å². The lowest BCUT2D eigenvalue weighted by Gasteiger charge is -2.37. The third kappa shape index (κ3) is 3.74. The summed E-state index contributed by atoms with van der Waals surface area (Å²) in [6.07, 6.45) is 8.28.